The molecule has 1 heterocycles. The lowest BCUT2D eigenvalue weighted by Gasteiger charge is -2.04. The molecule has 1 unspecified atom stereocenters. The Kier molecular flexibility index (Phi) is 2.77. The molecule has 3 nitrogen and oxygen atoms in total. The lowest BCUT2D eigenvalue weighted by molar-refractivity contribution is -0.117. The van der Waals surface area contributed by atoms with E-state index in [1.54, 1.807) is 12.3 Å². The molecule has 0 aromatic carbocycles. The second-order valence-electron chi connectivity index (χ2n) is 4.35. The van der Waals surface area contributed by atoms with Crippen LogP contribution >= 0.6 is 0 Å². The van der Waals surface area contributed by atoms with Gasteiger partial charge in [0.1, 0.15) is 11.5 Å². The van der Waals surface area contributed by atoms with Crippen LogP contribution < -0.4 is 0 Å². The van der Waals surface area contributed by atoms with E-state index in [4.69, 9.17) is 0 Å². The Balaban J connectivity index is 2.41. The minimum atomic E-state index is 0.0296. The summed E-state index contributed by atoms with van der Waals surface area (Å²) >= 11 is 0. The molecule has 1 saturated carbocycles. The van der Waals surface area contributed by atoms with E-state index in [2.05, 4.69) is 4.98 Å². The van der Waals surface area contributed by atoms with Crippen molar-refractivity contribution in [2.24, 2.45) is 5.92 Å². The van der Waals surface area contributed by atoms with Crippen LogP contribution in [0, 0.1) is 12.8 Å². The molecule has 1 fully saturated rings. The van der Waals surface area contributed by atoms with Crippen LogP contribution in [0.15, 0.2) is 23.9 Å². The molecule has 1 aromatic rings. The molecule has 1 aromatic heterocycles. The van der Waals surface area contributed by atoms with Crippen molar-refractivity contribution in [3.63, 3.8) is 0 Å². The van der Waals surface area contributed by atoms with Crippen molar-refractivity contribution in [2.75, 3.05) is 0 Å². The molecule has 84 valence electrons. The van der Waals surface area contributed by atoms with Gasteiger partial charge in [-0.1, -0.05) is 6.92 Å². The molecule has 3 heteroatoms. The van der Waals surface area contributed by atoms with Crippen LogP contribution in [0.3, 0.4) is 0 Å². The number of nitrogens with zero attached hydrogens (tertiary/aromatic N) is 1. The van der Waals surface area contributed by atoms with Crippen LogP contribution in [0.25, 0.3) is 5.76 Å². The summed E-state index contributed by atoms with van der Waals surface area (Å²) in [6.07, 6.45) is 3.12. The fourth-order valence-corrected chi connectivity index (χ4v) is 1.97. The average molecular weight is 217 g/mol. The van der Waals surface area contributed by atoms with Gasteiger partial charge < -0.3 is 5.11 Å². The summed E-state index contributed by atoms with van der Waals surface area (Å²) in [6.45, 7) is 3.83. The van der Waals surface area contributed by atoms with Crippen LogP contribution in [0.4, 0.5) is 0 Å². The third kappa shape index (κ3) is 1.85. The molecule has 0 saturated heterocycles. The monoisotopic (exact) mass is 217 g/mol. The van der Waals surface area contributed by atoms with Crippen molar-refractivity contribution < 1.29 is 9.90 Å². The van der Waals surface area contributed by atoms with E-state index in [-0.39, 0.29) is 17.5 Å². The van der Waals surface area contributed by atoms with Gasteiger partial charge in [0, 0.05) is 17.7 Å². The van der Waals surface area contributed by atoms with E-state index < -0.39 is 0 Å². The Morgan fingerprint density at radius 1 is 1.56 bits per heavy atom. The number of carbonyl (C=O) groups is 1. The predicted molar refractivity (Wildman–Crippen MR) is 61.9 cm³/mol. The first-order valence-electron chi connectivity index (χ1n) is 5.49. The Morgan fingerprint density at radius 2 is 2.31 bits per heavy atom. The van der Waals surface area contributed by atoms with Gasteiger partial charge in [-0.15, -0.1) is 0 Å². The van der Waals surface area contributed by atoms with Crippen molar-refractivity contribution in [3.8, 4) is 0 Å². The van der Waals surface area contributed by atoms with Gasteiger partial charge in [0.25, 0.3) is 0 Å². The first kappa shape index (κ1) is 10.9. The normalized spacial score (nSPS) is 23.6. The van der Waals surface area contributed by atoms with Crippen LogP contribution in [-0.4, -0.2) is 15.9 Å². The summed E-state index contributed by atoms with van der Waals surface area (Å²) in [6, 6.07) is 3.65. The van der Waals surface area contributed by atoms with Crippen molar-refractivity contribution in [3.05, 3.63) is 35.2 Å². The second kappa shape index (κ2) is 4.08. The minimum absolute atomic E-state index is 0.0296. The molecule has 1 aliphatic rings. The Bertz CT molecular complexity index is 463. The fourth-order valence-electron chi connectivity index (χ4n) is 1.97. The molecule has 16 heavy (non-hydrogen) atoms. The number of carbonyl (C=O) groups excluding carboxylic acids is 1. The van der Waals surface area contributed by atoms with Crippen molar-refractivity contribution in [1.29, 1.82) is 0 Å². The topological polar surface area (TPSA) is 50.2 Å². The first-order valence-corrected chi connectivity index (χ1v) is 5.49. The number of pyridine rings is 1. The highest BCUT2D eigenvalue weighted by atomic mass is 16.3. The van der Waals surface area contributed by atoms with Crippen LogP contribution in [0.5, 0.6) is 0 Å². The predicted octanol–water partition coefficient (Wildman–Crippen LogP) is 2.66. The van der Waals surface area contributed by atoms with E-state index in [1.165, 1.54) is 0 Å². The van der Waals surface area contributed by atoms with E-state index >= 15 is 0 Å². The summed E-state index contributed by atoms with van der Waals surface area (Å²) in [5.41, 5.74) is 2.05. The first-order chi connectivity index (χ1) is 7.59. The number of hydrogen-bond acceptors (Lipinski definition) is 3. The molecular weight excluding hydrogens is 202 g/mol. The molecule has 0 radical (unpaired) electrons. The van der Waals surface area contributed by atoms with Gasteiger partial charge >= 0.3 is 0 Å². The van der Waals surface area contributed by atoms with Gasteiger partial charge in [-0.3, -0.25) is 9.78 Å². The van der Waals surface area contributed by atoms with Crippen LogP contribution in [0.1, 0.15) is 31.0 Å². The van der Waals surface area contributed by atoms with Gasteiger partial charge in [-0.25, -0.2) is 0 Å². The summed E-state index contributed by atoms with van der Waals surface area (Å²) in [5, 5.41) is 10.0. The second-order valence-corrected chi connectivity index (χ2v) is 4.35. The van der Waals surface area contributed by atoms with Gasteiger partial charge in [0.15, 0.2) is 5.78 Å². The maximum absolute atomic E-state index is 11.8. The maximum Gasteiger partial charge on any atom is 0.165 e. The number of aliphatic hydroxyl groups is 1. The molecule has 2 rings (SSSR count). The molecule has 0 amide bonds. The molecule has 0 spiro atoms. The number of aryl methyl sites for hydroxylation is 1. The zero-order chi connectivity index (χ0) is 11.7. The molecular formula is C13H15NO2. The number of Topliss-reactive ketones (excluding diaryl/α,β-unsaturated/α-hetero) is 1. The average Bonchev–Trinajstić information content (AvgIpc) is 2.59. The Labute approximate surface area is 94.8 Å². The van der Waals surface area contributed by atoms with Gasteiger partial charge in [-0.05, 0) is 37.5 Å². The van der Waals surface area contributed by atoms with Gasteiger partial charge in [0.05, 0.1) is 0 Å². The van der Waals surface area contributed by atoms with E-state index in [0.29, 0.717) is 17.7 Å². The number of hydrogen-bond donors (Lipinski definition) is 1. The molecule has 1 N–H and O–H groups in total. The largest absolute Gasteiger partial charge is 0.505 e. The minimum Gasteiger partial charge on any atom is -0.505 e. The van der Waals surface area contributed by atoms with Gasteiger partial charge in [0.2, 0.25) is 0 Å². The standard InChI is InChI=1S/C13H15NO2/c1-8-5-6-14-11(7-8)13(16)10-4-3-9(2)12(10)15/h5-7,9,16H,3-4H2,1-2H3/b13-10-. The third-order valence-corrected chi connectivity index (χ3v) is 3.02. The Hall–Kier alpha value is -1.64. The lowest BCUT2D eigenvalue weighted by atomic mass is 10.1. The smallest absolute Gasteiger partial charge is 0.165 e. The number of allylic oxidation sites excluding steroid dienone is 1. The van der Waals surface area contributed by atoms with E-state index in [0.717, 1.165) is 12.0 Å². The molecule has 1 atom stereocenters. The zero-order valence-corrected chi connectivity index (χ0v) is 9.53. The quantitative estimate of drug-likeness (QED) is 0.581. The number of rotatable bonds is 1. The zero-order valence-electron chi connectivity index (χ0n) is 9.53. The van der Waals surface area contributed by atoms with Crippen molar-refractivity contribution in [1.82, 2.24) is 4.98 Å². The van der Waals surface area contributed by atoms with Crippen LogP contribution in [-0.2, 0) is 4.79 Å². The highest BCUT2D eigenvalue weighted by Crippen LogP contribution is 2.30. The highest BCUT2D eigenvalue weighted by Gasteiger charge is 2.29. The molecule has 0 bridgehead atoms. The van der Waals surface area contributed by atoms with Gasteiger partial charge in [-0.2, -0.15) is 0 Å². The number of aromatic nitrogens is 1. The fraction of sp³-hybridized carbons (Fsp3) is 0.385. The summed E-state index contributed by atoms with van der Waals surface area (Å²) in [7, 11) is 0. The van der Waals surface area contributed by atoms with E-state index in [1.807, 2.05) is 19.9 Å². The number of aliphatic hydroxyl groups excluding tert-OH is 1. The lowest BCUT2D eigenvalue weighted by Crippen LogP contribution is -2.05. The maximum atomic E-state index is 11.8. The number of ketones is 1. The van der Waals surface area contributed by atoms with Crippen molar-refractivity contribution >= 4 is 11.5 Å². The summed E-state index contributed by atoms with van der Waals surface area (Å²) in [4.78, 5) is 15.8. The van der Waals surface area contributed by atoms with E-state index in [9.17, 15) is 9.90 Å². The Morgan fingerprint density at radius 3 is 2.88 bits per heavy atom. The molecule has 1 aliphatic carbocycles. The highest BCUT2D eigenvalue weighted by molar-refractivity contribution is 6.04. The SMILES string of the molecule is Cc1ccnc(/C(O)=C2\CCC(C)C2=O)c1. The molecule has 0 aliphatic heterocycles. The summed E-state index contributed by atoms with van der Waals surface area (Å²) < 4.78 is 0. The van der Waals surface area contributed by atoms with Crippen molar-refractivity contribution in [2.45, 2.75) is 26.7 Å². The third-order valence-electron chi connectivity index (χ3n) is 3.02. The summed E-state index contributed by atoms with van der Waals surface area (Å²) in [5.74, 6) is 0.140. The van der Waals surface area contributed by atoms with Crippen LogP contribution in [0.2, 0.25) is 0 Å².